The average Bonchev–Trinajstić information content (AvgIpc) is 3.29. The first kappa shape index (κ1) is 20.4. The number of hydrogen-bond acceptors (Lipinski definition) is 4. The van der Waals surface area contributed by atoms with Crippen molar-refractivity contribution >= 4 is 11.9 Å². The molecule has 3 aliphatic heterocycles. The second-order valence-electron chi connectivity index (χ2n) is 8.04. The average molecular weight is 485 g/mol. The van der Waals surface area contributed by atoms with E-state index in [9.17, 15) is 4.79 Å². The number of oxime groups is 1. The molecule has 0 unspecified atom stereocenters. The van der Waals surface area contributed by atoms with E-state index in [0.29, 0.717) is 19.7 Å². The number of ether oxygens (including phenoxy) is 1. The molecule has 2 fully saturated rings. The number of carbonyl (C=O) groups excluding carboxylic acids is 1. The molecule has 7 heteroatoms. The lowest BCUT2D eigenvalue weighted by Crippen LogP contribution is -3.00. The van der Waals surface area contributed by atoms with Crippen LogP contribution in [0, 0.1) is 0 Å². The lowest BCUT2D eigenvalue weighted by molar-refractivity contribution is -0.808. The summed E-state index contributed by atoms with van der Waals surface area (Å²) < 4.78 is 6.39. The van der Waals surface area contributed by atoms with E-state index in [1.54, 1.807) is 4.90 Å². The van der Waals surface area contributed by atoms with Crippen LogP contribution in [0.15, 0.2) is 35.5 Å². The summed E-state index contributed by atoms with van der Waals surface area (Å²) in [5, 5.41) is 4.47. The van der Waals surface area contributed by atoms with Crippen LogP contribution in [0.3, 0.4) is 0 Å². The molecule has 0 aromatic heterocycles. The molecule has 1 aromatic carbocycles. The van der Waals surface area contributed by atoms with Gasteiger partial charge < -0.3 is 38.5 Å². The number of halogens is 1. The summed E-state index contributed by atoms with van der Waals surface area (Å²) in [6.45, 7) is 3.98. The molecule has 0 saturated carbocycles. The summed E-state index contributed by atoms with van der Waals surface area (Å²) in [7, 11) is 2.27. The Morgan fingerprint density at radius 3 is 2.56 bits per heavy atom. The summed E-state index contributed by atoms with van der Waals surface area (Å²) in [6.07, 6.45) is 4.84. The van der Waals surface area contributed by atoms with Crippen molar-refractivity contribution in [2.75, 3.05) is 33.2 Å². The number of hydrogen-bond donors (Lipinski definition) is 0. The predicted molar refractivity (Wildman–Crippen MR) is 98.5 cm³/mol. The second kappa shape index (κ2) is 8.34. The molecule has 1 amide bonds. The Bertz CT molecular complexity index is 681. The number of quaternary nitrogens is 1. The van der Waals surface area contributed by atoms with Crippen LogP contribution in [0.25, 0.3) is 0 Å². The fraction of sp³-hybridized carbons (Fsp3) is 0.600. The number of piperidine rings is 1. The molecule has 0 N–H and O–H groups in total. The zero-order valence-corrected chi connectivity index (χ0v) is 18.1. The van der Waals surface area contributed by atoms with E-state index >= 15 is 0 Å². The SMILES string of the molecule is C[N+]1(C2=NOC3(CCN(C(=O)OCc4ccccc4)CC3)C2)CCCC1.[I-]. The minimum atomic E-state index is -0.235. The van der Waals surface area contributed by atoms with Crippen molar-refractivity contribution in [2.45, 2.75) is 44.3 Å². The summed E-state index contributed by atoms with van der Waals surface area (Å²) >= 11 is 0. The van der Waals surface area contributed by atoms with Gasteiger partial charge in [0.15, 0.2) is 5.60 Å². The van der Waals surface area contributed by atoms with E-state index in [4.69, 9.17) is 9.57 Å². The normalized spacial score (nSPS) is 22.7. The topological polar surface area (TPSA) is 51.1 Å². The lowest BCUT2D eigenvalue weighted by Gasteiger charge is -2.36. The van der Waals surface area contributed by atoms with Gasteiger partial charge in [0.05, 0.1) is 26.6 Å². The number of rotatable bonds is 2. The van der Waals surface area contributed by atoms with Crippen LogP contribution in [0.1, 0.15) is 37.7 Å². The number of amidine groups is 1. The molecule has 1 spiro atoms. The van der Waals surface area contributed by atoms with Crippen molar-refractivity contribution in [3.8, 4) is 0 Å². The standard InChI is InChI=1S/C20H28N3O3.HI/c1-23(13-5-6-14-23)18-15-20(26-21-18)9-11-22(12-10-20)19(24)25-16-17-7-3-2-4-8-17;/h2-4,7-8H,5-6,9-16H2,1H3;1H/q+1;/p-1. The van der Waals surface area contributed by atoms with Crippen LogP contribution >= 0.6 is 0 Å². The summed E-state index contributed by atoms with van der Waals surface area (Å²) in [5.74, 6) is 1.18. The first-order valence-electron chi connectivity index (χ1n) is 9.65. The minimum Gasteiger partial charge on any atom is -1.00 e. The van der Waals surface area contributed by atoms with E-state index in [0.717, 1.165) is 42.4 Å². The summed E-state index contributed by atoms with van der Waals surface area (Å²) in [5.41, 5.74) is 0.795. The molecule has 3 heterocycles. The van der Waals surface area contributed by atoms with E-state index < -0.39 is 0 Å². The maximum absolute atomic E-state index is 12.3. The van der Waals surface area contributed by atoms with Crippen LogP contribution in [-0.4, -0.2) is 60.1 Å². The van der Waals surface area contributed by atoms with Gasteiger partial charge in [-0.2, -0.15) is 0 Å². The molecule has 0 aliphatic carbocycles. The van der Waals surface area contributed by atoms with Gasteiger partial charge in [0.1, 0.15) is 6.61 Å². The third kappa shape index (κ3) is 4.39. The third-order valence-corrected chi connectivity index (χ3v) is 6.14. The highest BCUT2D eigenvalue weighted by molar-refractivity contribution is 5.77. The van der Waals surface area contributed by atoms with Gasteiger partial charge in [0, 0.05) is 38.8 Å². The molecule has 0 atom stereocenters. The van der Waals surface area contributed by atoms with Crippen LogP contribution in [0.4, 0.5) is 4.79 Å². The Labute approximate surface area is 178 Å². The molecular formula is C20H28IN3O3. The van der Waals surface area contributed by atoms with E-state index in [1.165, 1.54) is 18.7 Å². The number of carbonyl (C=O) groups is 1. The highest BCUT2D eigenvalue weighted by atomic mass is 127. The van der Waals surface area contributed by atoms with Crippen LogP contribution in [-0.2, 0) is 16.2 Å². The Morgan fingerprint density at radius 2 is 1.89 bits per heavy atom. The molecular weight excluding hydrogens is 457 g/mol. The molecule has 0 radical (unpaired) electrons. The maximum Gasteiger partial charge on any atom is 0.410 e. The minimum absolute atomic E-state index is 0. The lowest BCUT2D eigenvalue weighted by atomic mass is 9.88. The Kier molecular flexibility index (Phi) is 6.30. The Balaban J connectivity index is 0.00000210. The van der Waals surface area contributed by atoms with Crippen molar-refractivity contribution in [2.24, 2.45) is 5.16 Å². The molecule has 4 rings (SSSR count). The molecule has 0 bridgehead atoms. The maximum atomic E-state index is 12.3. The van der Waals surface area contributed by atoms with E-state index in [-0.39, 0.29) is 35.7 Å². The van der Waals surface area contributed by atoms with Gasteiger partial charge in [-0.25, -0.2) is 4.79 Å². The molecule has 27 heavy (non-hydrogen) atoms. The first-order chi connectivity index (χ1) is 12.6. The van der Waals surface area contributed by atoms with E-state index in [2.05, 4.69) is 12.2 Å². The first-order valence-corrected chi connectivity index (χ1v) is 9.65. The monoisotopic (exact) mass is 485 g/mol. The molecule has 3 aliphatic rings. The third-order valence-electron chi connectivity index (χ3n) is 6.14. The van der Waals surface area contributed by atoms with Gasteiger partial charge >= 0.3 is 6.09 Å². The van der Waals surface area contributed by atoms with Gasteiger partial charge in [-0.1, -0.05) is 30.3 Å². The zero-order valence-electron chi connectivity index (χ0n) is 15.9. The van der Waals surface area contributed by atoms with Gasteiger partial charge in [0.2, 0.25) is 5.84 Å². The smallest absolute Gasteiger partial charge is 0.410 e. The largest absolute Gasteiger partial charge is 1.00 e. The fourth-order valence-electron chi connectivity index (χ4n) is 4.26. The number of benzene rings is 1. The summed E-state index contributed by atoms with van der Waals surface area (Å²) in [4.78, 5) is 20.0. The van der Waals surface area contributed by atoms with Gasteiger partial charge in [0.25, 0.3) is 0 Å². The van der Waals surface area contributed by atoms with Crippen LogP contribution in [0.5, 0.6) is 0 Å². The quantitative estimate of drug-likeness (QED) is 0.443. The van der Waals surface area contributed by atoms with Gasteiger partial charge in [-0.15, -0.1) is 0 Å². The predicted octanol–water partition coefficient (Wildman–Crippen LogP) is 0.136. The van der Waals surface area contributed by atoms with Crippen molar-refractivity contribution in [1.29, 1.82) is 0 Å². The number of nitrogens with zero attached hydrogens (tertiary/aromatic N) is 3. The van der Waals surface area contributed by atoms with Gasteiger partial charge in [-0.3, -0.25) is 4.48 Å². The van der Waals surface area contributed by atoms with Crippen molar-refractivity contribution in [1.82, 2.24) is 4.90 Å². The van der Waals surface area contributed by atoms with Crippen LogP contribution < -0.4 is 24.0 Å². The fourth-order valence-corrected chi connectivity index (χ4v) is 4.26. The highest BCUT2D eigenvalue weighted by Gasteiger charge is 2.49. The van der Waals surface area contributed by atoms with Crippen molar-refractivity contribution in [3.05, 3.63) is 35.9 Å². The molecule has 2 saturated heterocycles. The Morgan fingerprint density at radius 1 is 1.22 bits per heavy atom. The van der Waals surface area contributed by atoms with E-state index in [1.807, 2.05) is 30.3 Å². The van der Waals surface area contributed by atoms with Crippen LogP contribution in [0.2, 0.25) is 0 Å². The molecule has 1 aromatic rings. The summed E-state index contributed by atoms with van der Waals surface area (Å²) in [6, 6.07) is 9.79. The van der Waals surface area contributed by atoms with Crippen molar-refractivity contribution < 1.29 is 42.8 Å². The van der Waals surface area contributed by atoms with Gasteiger partial charge in [-0.05, 0) is 10.7 Å². The molecule has 6 nitrogen and oxygen atoms in total. The zero-order chi connectivity index (χ0) is 18.0. The number of amides is 1. The number of likely N-dealkylation sites (tertiary alicyclic amines) is 2. The second-order valence-corrected chi connectivity index (χ2v) is 8.04. The Hall–Kier alpha value is -1.35. The molecule has 148 valence electrons. The van der Waals surface area contributed by atoms with Crippen molar-refractivity contribution in [3.63, 3.8) is 0 Å². The highest BCUT2D eigenvalue weighted by Crippen LogP contribution is 2.37.